The summed E-state index contributed by atoms with van der Waals surface area (Å²) in [5.74, 6) is 0.733. The van der Waals surface area contributed by atoms with Gasteiger partial charge in [0, 0.05) is 12.0 Å². The Hall–Kier alpha value is -2.29. The summed E-state index contributed by atoms with van der Waals surface area (Å²) in [7, 11) is 0. The predicted octanol–water partition coefficient (Wildman–Crippen LogP) is 3.47. The third kappa shape index (κ3) is 2.35. The number of hydrogen-bond acceptors (Lipinski definition) is 3. The van der Waals surface area contributed by atoms with Crippen molar-refractivity contribution in [1.82, 2.24) is 0 Å². The zero-order valence-electron chi connectivity index (χ0n) is 9.90. The first-order chi connectivity index (χ1) is 8.92. The van der Waals surface area contributed by atoms with E-state index in [1.54, 1.807) is 0 Å². The van der Waals surface area contributed by atoms with Crippen LogP contribution in [0, 0.1) is 0 Å². The molecular weight excluding hydrogens is 222 g/mol. The molecule has 0 spiro atoms. The van der Waals surface area contributed by atoms with Gasteiger partial charge in [-0.1, -0.05) is 60.7 Å². The van der Waals surface area contributed by atoms with E-state index in [4.69, 9.17) is 0 Å². The molecule has 18 heavy (non-hydrogen) atoms. The van der Waals surface area contributed by atoms with Crippen LogP contribution in [0.4, 0.5) is 0 Å². The Bertz CT molecular complexity index is 573. The third-order valence-electron chi connectivity index (χ3n) is 2.85. The lowest BCUT2D eigenvalue weighted by molar-refractivity contribution is 0.704. The monoisotopic (exact) mass is 235 g/mol. The molecule has 1 heterocycles. The van der Waals surface area contributed by atoms with Crippen molar-refractivity contribution in [1.29, 1.82) is 0 Å². The summed E-state index contributed by atoms with van der Waals surface area (Å²) in [4.78, 5) is 4.54. The summed E-state index contributed by atoms with van der Waals surface area (Å²) < 4.78 is 0. The van der Waals surface area contributed by atoms with Crippen LogP contribution in [-0.2, 0) is 6.42 Å². The van der Waals surface area contributed by atoms with Crippen molar-refractivity contribution < 1.29 is 0 Å². The molecular formula is C15H13N3. The van der Waals surface area contributed by atoms with Crippen LogP contribution in [0.15, 0.2) is 75.9 Å². The normalized spacial score (nSPS) is 17.8. The molecule has 88 valence electrons. The highest BCUT2D eigenvalue weighted by molar-refractivity contribution is 5.99. The summed E-state index contributed by atoms with van der Waals surface area (Å²) in [5.41, 5.74) is 2.26. The first-order valence-electron chi connectivity index (χ1n) is 6.00. The molecule has 0 aromatic heterocycles. The Labute approximate surface area is 106 Å². The smallest absolute Gasteiger partial charge is 0.179 e. The highest BCUT2D eigenvalue weighted by atomic mass is 15.3. The van der Waals surface area contributed by atoms with E-state index in [0.717, 1.165) is 17.8 Å². The highest BCUT2D eigenvalue weighted by Gasteiger charge is 2.15. The van der Waals surface area contributed by atoms with E-state index in [-0.39, 0.29) is 6.17 Å². The molecule has 0 N–H and O–H groups in total. The van der Waals surface area contributed by atoms with E-state index in [1.807, 2.05) is 48.5 Å². The molecule has 3 heteroatoms. The maximum atomic E-state index is 4.54. The van der Waals surface area contributed by atoms with Crippen LogP contribution in [0.2, 0.25) is 0 Å². The van der Waals surface area contributed by atoms with Crippen LogP contribution in [0.3, 0.4) is 0 Å². The van der Waals surface area contributed by atoms with Crippen LogP contribution in [0.5, 0.6) is 0 Å². The molecule has 1 aliphatic heterocycles. The van der Waals surface area contributed by atoms with Gasteiger partial charge in [0.05, 0.1) is 0 Å². The van der Waals surface area contributed by atoms with Gasteiger partial charge in [0.15, 0.2) is 12.0 Å². The Balaban J connectivity index is 1.75. The number of hydrogen-bond donors (Lipinski definition) is 0. The zero-order valence-corrected chi connectivity index (χ0v) is 9.90. The lowest BCUT2D eigenvalue weighted by atomic mass is 10.1. The molecule has 1 unspecified atom stereocenters. The molecule has 0 radical (unpaired) electrons. The van der Waals surface area contributed by atoms with E-state index < -0.39 is 0 Å². The van der Waals surface area contributed by atoms with Gasteiger partial charge < -0.3 is 0 Å². The van der Waals surface area contributed by atoms with Gasteiger partial charge in [-0.05, 0) is 5.56 Å². The van der Waals surface area contributed by atoms with Gasteiger partial charge in [0.2, 0.25) is 0 Å². The Morgan fingerprint density at radius 3 is 2.22 bits per heavy atom. The fourth-order valence-corrected chi connectivity index (χ4v) is 1.95. The van der Waals surface area contributed by atoms with E-state index in [0.29, 0.717) is 0 Å². The molecule has 0 bridgehead atoms. The van der Waals surface area contributed by atoms with Crippen LogP contribution in [0.1, 0.15) is 11.1 Å². The average Bonchev–Trinajstić information content (AvgIpc) is 2.89. The predicted molar refractivity (Wildman–Crippen MR) is 71.8 cm³/mol. The lowest BCUT2D eigenvalue weighted by Crippen LogP contribution is -2.03. The fraction of sp³-hybridized carbons (Fsp3) is 0.133. The Morgan fingerprint density at radius 1 is 0.833 bits per heavy atom. The van der Waals surface area contributed by atoms with E-state index >= 15 is 0 Å². The summed E-state index contributed by atoms with van der Waals surface area (Å²) >= 11 is 0. The lowest BCUT2D eigenvalue weighted by Gasteiger charge is -2.02. The molecule has 0 saturated carbocycles. The minimum absolute atomic E-state index is 0.0809. The van der Waals surface area contributed by atoms with E-state index in [9.17, 15) is 0 Å². The third-order valence-corrected chi connectivity index (χ3v) is 2.85. The van der Waals surface area contributed by atoms with Crippen LogP contribution in [0.25, 0.3) is 0 Å². The van der Waals surface area contributed by atoms with Crippen molar-refractivity contribution in [3.8, 4) is 0 Å². The van der Waals surface area contributed by atoms with Crippen LogP contribution in [-0.4, -0.2) is 12.0 Å². The topological polar surface area (TPSA) is 37.1 Å². The number of rotatable bonds is 3. The second-order valence-electron chi connectivity index (χ2n) is 4.20. The molecule has 2 aromatic carbocycles. The molecule has 0 amide bonds. The van der Waals surface area contributed by atoms with Gasteiger partial charge >= 0.3 is 0 Å². The van der Waals surface area contributed by atoms with Gasteiger partial charge in [-0.15, -0.1) is 5.11 Å². The standard InChI is InChI=1S/C15H13N3/c1-3-7-12(8-4-1)11-14-16-15(18-17-14)13-9-5-2-6-10-13/h1-10,14H,11H2. The second kappa shape index (κ2) is 4.92. The zero-order chi connectivity index (χ0) is 12.2. The van der Waals surface area contributed by atoms with Gasteiger partial charge in [-0.2, -0.15) is 5.11 Å². The van der Waals surface area contributed by atoms with Gasteiger partial charge in [-0.3, -0.25) is 0 Å². The Kier molecular flexibility index (Phi) is 2.96. The summed E-state index contributed by atoms with van der Waals surface area (Å²) in [5, 5.41) is 8.37. The number of benzene rings is 2. The molecule has 3 nitrogen and oxygen atoms in total. The Morgan fingerprint density at radius 2 is 1.50 bits per heavy atom. The average molecular weight is 235 g/mol. The van der Waals surface area contributed by atoms with Gasteiger partial charge in [0.1, 0.15) is 0 Å². The molecule has 3 rings (SSSR count). The van der Waals surface area contributed by atoms with Crippen molar-refractivity contribution >= 4 is 5.84 Å². The number of azo groups is 1. The van der Waals surface area contributed by atoms with Crippen molar-refractivity contribution in [2.45, 2.75) is 12.6 Å². The number of amidine groups is 1. The van der Waals surface area contributed by atoms with Crippen molar-refractivity contribution in [3.63, 3.8) is 0 Å². The van der Waals surface area contributed by atoms with Crippen molar-refractivity contribution in [3.05, 3.63) is 71.8 Å². The van der Waals surface area contributed by atoms with Crippen molar-refractivity contribution in [2.75, 3.05) is 0 Å². The van der Waals surface area contributed by atoms with Crippen LogP contribution >= 0.6 is 0 Å². The first-order valence-corrected chi connectivity index (χ1v) is 6.00. The number of aliphatic imine (C=N–C) groups is 1. The SMILES string of the molecule is c1ccc(CC2N=NC(c3ccccc3)=N2)cc1. The summed E-state index contributed by atoms with van der Waals surface area (Å²) in [6, 6.07) is 20.2. The minimum Gasteiger partial charge on any atom is -0.235 e. The van der Waals surface area contributed by atoms with Crippen LogP contribution < -0.4 is 0 Å². The molecule has 1 aliphatic rings. The number of nitrogens with zero attached hydrogens (tertiary/aromatic N) is 3. The largest absolute Gasteiger partial charge is 0.235 e. The maximum Gasteiger partial charge on any atom is 0.179 e. The maximum absolute atomic E-state index is 4.54. The van der Waals surface area contributed by atoms with E-state index in [2.05, 4.69) is 27.4 Å². The molecule has 1 atom stereocenters. The van der Waals surface area contributed by atoms with Gasteiger partial charge in [-0.25, -0.2) is 4.99 Å². The second-order valence-corrected chi connectivity index (χ2v) is 4.20. The minimum atomic E-state index is -0.0809. The molecule has 2 aromatic rings. The quantitative estimate of drug-likeness (QED) is 0.781. The van der Waals surface area contributed by atoms with E-state index in [1.165, 1.54) is 5.56 Å². The first kappa shape index (κ1) is 10.8. The molecule has 0 aliphatic carbocycles. The summed E-state index contributed by atoms with van der Waals surface area (Å²) in [6.07, 6.45) is 0.725. The fourth-order valence-electron chi connectivity index (χ4n) is 1.95. The highest BCUT2D eigenvalue weighted by Crippen LogP contribution is 2.16. The van der Waals surface area contributed by atoms with Gasteiger partial charge in [0.25, 0.3) is 0 Å². The summed E-state index contributed by atoms with van der Waals surface area (Å²) in [6.45, 7) is 0. The van der Waals surface area contributed by atoms with Crippen molar-refractivity contribution in [2.24, 2.45) is 15.2 Å². The molecule has 0 fully saturated rings. The molecule has 0 saturated heterocycles.